The van der Waals surface area contributed by atoms with Crippen LogP contribution in [-0.4, -0.2) is 57.8 Å². The van der Waals surface area contributed by atoms with Crippen LogP contribution in [0, 0.1) is 5.92 Å². The minimum Gasteiger partial charge on any atom is -0.493 e. The van der Waals surface area contributed by atoms with E-state index in [0.29, 0.717) is 39.6 Å². The minimum absolute atomic E-state index is 0.0568. The highest BCUT2D eigenvalue weighted by Gasteiger charge is 2.38. The maximum atomic E-state index is 12.5. The van der Waals surface area contributed by atoms with Crippen LogP contribution in [0.25, 0.3) is 11.1 Å². The van der Waals surface area contributed by atoms with Crippen molar-refractivity contribution in [1.29, 1.82) is 0 Å². The summed E-state index contributed by atoms with van der Waals surface area (Å²) in [6.45, 7) is 0. The van der Waals surface area contributed by atoms with Crippen LogP contribution < -0.4 is 14.2 Å². The van der Waals surface area contributed by atoms with E-state index in [1.807, 2.05) is 0 Å². The molecule has 1 aromatic carbocycles. The van der Waals surface area contributed by atoms with Gasteiger partial charge in [-0.3, -0.25) is 0 Å². The Bertz CT molecular complexity index is 947. The first-order chi connectivity index (χ1) is 14.5. The van der Waals surface area contributed by atoms with Crippen LogP contribution in [0.2, 0.25) is 0 Å². The van der Waals surface area contributed by atoms with E-state index < -0.39 is 12.1 Å². The zero-order valence-electron chi connectivity index (χ0n) is 17.6. The fraction of sp³-hybridized carbons (Fsp3) is 0.429. The molecule has 1 saturated carbocycles. The number of carbonyl (C=O) groups is 1. The van der Waals surface area contributed by atoms with Gasteiger partial charge in [-0.1, -0.05) is 5.16 Å². The SMILES string of the molecule is CO/N=C/c1[nH]c(C(=O)OC)c(C(O)C2CC2)c1-c1ccc(OC)c(OC)c1OC. The molecule has 1 heterocycles. The number of H-pyrrole nitrogens is 1. The maximum absolute atomic E-state index is 12.5. The molecule has 1 atom stereocenters. The Balaban J connectivity index is 2.36. The highest BCUT2D eigenvalue weighted by atomic mass is 16.6. The lowest BCUT2D eigenvalue weighted by Gasteiger charge is -2.18. The van der Waals surface area contributed by atoms with Crippen molar-refractivity contribution in [3.8, 4) is 28.4 Å². The summed E-state index contributed by atoms with van der Waals surface area (Å²) in [4.78, 5) is 20.4. The average Bonchev–Trinajstić information content (AvgIpc) is 3.56. The number of esters is 1. The van der Waals surface area contributed by atoms with Gasteiger partial charge in [-0.25, -0.2) is 4.79 Å². The quantitative estimate of drug-likeness (QED) is 0.366. The molecule has 0 aliphatic heterocycles. The average molecular weight is 418 g/mol. The van der Waals surface area contributed by atoms with Crippen LogP contribution in [-0.2, 0) is 9.57 Å². The minimum atomic E-state index is -0.868. The second-order valence-corrected chi connectivity index (χ2v) is 6.78. The number of aliphatic hydroxyl groups excluding tert-OH is 1. The maximum Gasteiger partial charge on any atom is 0.354 e. The van der Waals surface area contributed by atoms with E-state index in [2.05, 4.69) is 10.1 Å². The molecular weight excluding hydrogens is 392 g/mol. The molecule has 0 saturated heterocycles. The summed E-state index contributed by atoms with van der Waals surface area (Å²) < 4.78 is 21.5. The van der Waals surface area contributed by atoms with Gasteiger partial charge in [-0.15, -0.1) is 0 Å². The van der Waals surface area contributed by atoms with E-state index in [1.165, 1.54) is 41.8 Å². The number of methoxy groups -OCH3 is 4. The molecule has 2 aromatic rings. The van der Waals surface area contributed by atoms with Gasteiger partial charge in [0.1, 0.15) is 12.8 Å². The lowest BCUT2D eigenvalue weighted by Crippen LogP contribution is -2.10. The first-order valence-corrected chi connectivity index (χ1v) is 9.40. The molecule has 2 N–H and O–H groups in total. The Morgan fingerprint density at radius 2 is 1.83 bits per heavy atom. The van der Waals surface area contributed by atoms with E-state index in [1.54, 1.807) is 12.1 Å². The van der Waals surface area contributed by atoms with Crippen molar-refractivity contribution < 1.29 is 33.7 Å². The van der Waals surface area contributed by atoms with Gasteiger partial charge in [0.25, 0.3) is 0 Å². The highest BCUT2D eigenvalue weighted by Crippen LogP contribution is 2.50. The third kappa shape index (κ3) is 3.80. The summed E-state index contributed by atoms with van der Waals surface area (Å²) in [5.41, 5.74) is 2.17. The van der Waals surface area contributed by atoms with Gasteiger partial charge < -0.3 is 33.9 Å². The van der Waals surface area contributed by atoms with Crippen LogP contribution in [0.4, 0.5) is 0 Å². The van der Waals surface area contributed by atoms with Gasteiger partial charge >= 0.3 is 5.97 Å². The van der Waals surface area contributed by atoms with Crippen molar-refractivity contribution in [1.82, 2.24) is 4.98 Å². The van der Waals surface area contributed by atoms with Crippen LogP contribution >= 0.6 is 0 Å². The molecular formula is C21H26N2O7. The Morgan fingerprint density at radius 1 is 1.13 bits per heavy atom. The van der Waals surface area contributed by atoms with Crippen LogP contribution in [0.1, 0.15) is 40.7 Å². The number of nitrogens with zero attached hydrogens (tertiary/aromatic N) is 1. The highest BCUT2D eigenvalue weighted by molar-refractivity contribution is 6.00. The number of hydrogen-bond donors (Lipinski definition) is 2. The van der Waals surface area contributed by atoms with Gasteiger partial charge in [0, 0.05) is 16.7 Å². The zero-order chi connectivity index (χ0) is 21.8. The van der Waals surface area contributed by atoms with Crippen molar-refractivity contribution in [3.63, 3.8) is 0 Å². The number of hydrogen-bond acceptors (Lipinski definition) is 8. The second-order valence-electron chi connectivity index (χ2n) is 6.78. The number of oxime groups is 1. The van der Waals surface area contributed by atoms with Gasteiger partial charge in [-0.05, 0) is 30.9 Å². The van der Waals surface area contributed by atoms with Crippen LogP contribution in [0.5, 0.6) is 17.2 Å². The van der Waals surface area contributed by atoms with Crippen molar-refractivity contribution in [2.45, 2.75) is 18.9 Å². The van der Waals surface area contributed by atoms with Crippen LogP contribution in [0.15, 0.2) is 17.3 Å². The van der Waals surface area contributed by atoms with Gasteiger partial charge in [0.05, 0.1) is 46.5 Å². The number of benzene rings is 1. The molecule has 9 nitrogen and oxygen atoms in total. The van der Waals surface area contributed by atoms with Crippen molar-refractivity contribution in [3.05, 3.63) is 29.1 Å². The summed E-state index contributed by atoms with van der Waals surface area (Å²) in [5, 5.41) is 14.9. The molecule has 0 amide bonds. The molecule has 162 valence electrons. The lowest BCUT2D eigenvalue weighted by molar-refractivity contribution is 0.0585. The monoisotopic (exact) mass is 418 g/mol. The van der Waals surface area contributed by atoms with Gasteiger partial charge in [0.2, 0.25) is 5.75 Å². The predicted octanol–water partition coefficient (Wildman–Crippen LogP) is 2.92. The Hall–Kier alpha value is -3.20. The van der Waals surface area contributed by atoms with Gasteiger partial charge in [0.15, 0.2) is 11.5 Å². The summed E-state index contributed by atoms with van der Waals surface area (Å²) in [7, 11) is 7.25. The van der Waals surface area contributed by atoms with Crippen molar-refractivity contribution in [2.24, 2.45) is 11.1 Å². The largest absolute Gasteiger partial charge is 0.493 e. The van der Waals surface area contributed by atoms with Crippen LogP contribution in [0.3, 0.4) is 0 Å². The molecule has 1 aromatic heterocycles. The standard InChI is InChI=1S/C21H26N2O7/c1-26-14-9-8-12(19(27-2)20(14)28-3)15-13(10-22-30-5)23-17(21(25)29-4)16(15)18(24)11-6-7-11/h8-11,18,23-24H,6-7H2,1-5H3/b22-10+. The fourth-order valence-corrected chi connectivity index (χ4v) is 3.53. The fourth-order valence-electron chi connectivity index (χ4n) is 3.53. The zero-order valence-corrected chi connectivity index (χ0v) is 17.6. The molecule has 1 aliphatic rings. The molecule has 3 rings (SSSR count). The molecule has 1 unspecified atom stereocenters. The van der Waals surface area contributed by atoms with E-state index >= 15 is 0 Å². The predicted molar refractivity (Wildman–Crippen MR) is 110 cm³/mol. The molecule has 1 fully saturated rings. The first kappa shape index (κ1) is 21.5. The molecule has 1 aliphatic carbocycles. The first-order valence-electron chi connectivity index (χ1n) is 9.40. The van der Waals surface area contributed by atoms with Crippen molar-refractivity contribution in [2.75, 3.05) is 35.5 Å². The van der Waals surface area contributed by atoms with E-state index in [9.17, 15) is 9.90 Å². The van der Waals surface area contributed by atoms with E-state index in [4.69, 9.17) is 23.8 Å². The number of aromatic amines is 1. The number of rotatable bonds is 9. The smallest absolute Gasteiger partial charge is 0.354 e. The lowest BCUT2D eigenvalue weighted by atomic mass is 9.93. The summed E-state index contributed by atoms with van der Waals surface area (Å²) in [5.74, 6) is 0.727. The normalized spacial score (nSPS) is 14.5. The molecule has 0 spiro atoms. The van der Waals surface area contributed by atoms with Gasteiger partial charge in [-0.2, -0.15) is 0 Å². The number of nitrogens with one attached hydrogen (secondary N) is 1. The number of carbonyl (C=O) groups excluding carboxylic acids is 1. The summed E-state index contributed by atoms with van der Waals surface area (Å²) >= 11 is 0. The second kappa shape index (κ2) is 9.08. The Kier molecular flexibility index (Phi) is 6.51. The topological polar surface area (TPSA) is 112 Å². The molecule has 0 radical (unpaired) electrons. The summed E-state index contributed by atoms with van der Waals surface area (Å²) in [6, 6.07) is 3.50. The third-order valence-corrected chi connectivity index (χ3v) is 5.08. The Labute approximate surface area is 174 Å². The number of aliphatic hydroxyl groups is 1. The van der Waals surface area contributed by atoms with Crippen molar-refractivity contribution >= 4 is 12.2 Å². The summed E-state index contributed by atoms with van der Waals surface area (Å²) in [6.07, 6.45) is 2.31. The molecule has 0 bridgehead atoms. The Morgan fingerprint density at radius 3 is 2.37 bits per heavy atom. The third-order valence-electron chi connectivity index (χ3n) is 5.08. The molecule has 9 heteroatoms. The molecule has 30 heavy (non-hydrogen) atoms. The number of aromatic nitrogens is 1. The van der Waals surface area contributed by atoms with E-state index in [0.717, 1.165) is 12.8 Å². The number of ether oxygens (including phenoxy) is 4. The van der Waals surface area contributed by atoms with E-state index in [-0.39, 0.29) is 11.6 Å².